The fourth-order valence-electron chi connectivity index (χ4n) is 3.15. The lowest BCUT2D eigenvalue weighted by Crippen LogP contribution is -2.33. The first-order chi connectivity index (χ1) is 13.1. The summed E-state index contributed by atoms with van der Waals surface area (Å²) in [6.07, 6.45) is 2.32. The van der Waals surface area contributed by atoms with Crippen molar-refractivity contribution in [2.75, 3.05) is 13.2 Å². The first-order valence-electron chi connectivity index (χ1n) is 9.22. The number of aliphatic hydroxyl groups is 1. The molecule has 0 aliphatic heterocycles. The maximum Gasteiger partial charge on any atom is 0.257 e. The lowest BCUT2D eigenvalue weighted by atomic mass is 10.1. The zero-order valence-corrected chi connectivity index (χ0v) is 15.8. The minimum Gasteiger partial charge on any atom is -0.395 e. The summed E-state index contributed by atoms with van der Waals surface area (Å²) in [5, 5.41) is 13.9. The van der Waals surface area contributed by atoms with E-state index >= 15 is 0 Å². The van der Waals surface area contributed by atoms with Gasteiger partial charge in [-0.3, -0.25) is 4.79 Å². The van der Waals surface area contributed by atoms with E-state index in [1.807, 2.05) is 73.1 Å². The number of aliphatic hydroxyl groups excluding tert-OH is 1. The Morgan fingerprint density at radius 1 is 1.11 bits per heavy atom. The molecule has 3 rings (SSSR count). The van der Waals surface area contributed by atoms with E-state index in [0.717, 1.165) is 16.9 Å². The van der Waals surface area contributed by atoms with Crippen LogP contribution in [-0.4, -0.2) is 38.8 Å². The lowest BCUT2D eigenvalue weighted by Gasteiger charge is -2.22. The number of carbonyl (C=O) groups excluding carboxylic acids is 1. The monoisotopic (exact) mass is 363 g/mol. The van der Waals surface area contributed by atoms with Crippen LogP contribution in [0.15, 0.2) is 60.8 Å². The van der Waals surface area contributed by atoms with Gasteiger partial charge in [-0.25, -0.2) is 4.68 Å². The van der Waals surface area contributed by atoms with Crippen molar-refractivity contribution in [2.24, 2.45) is 0 Å². The highest BCUT2D eigenvalue weighted by atomic mass is 16.3. The minimum absolute atomic E-state index is 0.0773. The molecule has 1 heterocycles. The van der Waals surface area contributed by atoms with Crippen LogP contribution in [-0.2, 0) is 13.0 Å². The van der Waals surface area contributed by atoms with Gasteiger partial charge in [0.25, 0.3) is 5.91 Å². The molecule has 0 aliphatic carbocycles. The smallest absolute Gasteiger partial charge is 0.257 e. The molecule has 0 radical (unpaired) electrons. The minimum atomic E-state index is -0.108. The molecule has 0 unspecified atom stereocenters. The molecule has 0 spiro atoms. The molecule has 0 fully saturated rings. The van der Waals surface area contributed by atoms with Crippen molar-refractivity contribution in [2.45, 2.75) is 26.8 Å². The number of hydrogen-bond donors (Lipinski definition) is 1. The van der Waals surface area contributed by atoms with Gasteiger partial charge in [-0.2, -0.15) is 5.10 Å². The van der Waals surface area contributed by atoms with Gasteiger partial charge >= 0.3 is 0 Å². The number of hydrogen-bond acceptors (Lipinski definition) is 3. The molecule has 0 saturated carbocycles. The zero-order chi connectivity index (χ0) is 19.2. The van der Waals surface area contributed by atoms with Crippen LogP contribution in [0.5, 0.6) is 0 Å². The third-order valence-electron chi connectivity index (χ3n) is 4.59. The number of amides is 1. The summed E-state index contributed by atoms with van der Waals surface area (Å²) in [4.78, 5) is 14.9. The topological polar surface area (TPSA) is 58.4 Å². The Morgan fingerprint density at radius 2 is 1.81 bits per heavy atom. The third-order valence-corrected chi connectivity index (χ3v) is 4.59. The van der Waals surface area contributed by atoms with Crippen LogP contribution >= 0.6 is 0 Å². The van der Waals surface area contributed by atoms with E-state index in [1.165, 1.54) is 5.56 Å². The molecule has 0 saturated heterocycles. The quantitative estimate of drug-likeness (QED) is 0.700. The van der Waals surface area contributed by atoms with Crippen LogP contribution in [0.3, 0.4) is 0 Å². The Morgan fingerprint density at radius 3 is 2.44 bits per heavy atom. The molecule has 140 valence electrons. The average Bonchev–Trinajstić information content (AvgIpc) is 3.12. The number of nitrogens with zero attached hydrogens (tertiary/aromatic N) is 3. The fraction of sp³-hybridized carbons (Fsp3) is 0.273. The van der Waals surface area contributed by atoms with Gasteiger partial charge in [0.05, 0.1) is 29.7 Å². The van der Waals surface area contributed by atoms with E-state index in [-0.39, 0.29) is 19.1 Å². The first kappa shape index (κ1) is 18.9. The summed E-state index contributed by atoms with van der Waals surface area (Å²) in [5.41, 5.74) is 4.61. The van der Waals surface area contributed by atoms with E-state index in [2.05, 4.69) is 5.10 Å². The zero-order valence-electron chi connectivity index (χ0n) is 15.8. The molecule has 1 amide bonds. The molecule has 5 heteroatoms. The number of aromatic nitrogens is 2. The van der Waals surface area contributed by atoms with Gasteiger partial charge in [-0.1, -0.05) is 55.0 Å². The Kier molecular flexibility index (Phi) is 6.04. The summed E-state index contributed by atoms with van der Waals surface area (Å²) in [6, 6.07) is 17.9. The van der Waals surface area contributed by atoms with Crippen molar-refractivity contribution in [3.05, 3.63) is 83.2 Å². The maximum atomic E-state index is 13.2. The summed E-state index contributed by atoms with van der Waals surface area (Å²) in [5.74, 6) is -0.108. The molecule has 5 nitrogen and oxygen atoms in total. The molecule has 0 bridgehead atoms. The van der Waals surface area contributed by atoms with Crippen LogP contribution < -0.4 is 0 Å². The second-order valence-electron chi connectivity index (χ2n) is 6.54. The summed E-state index contributed by atoms with van der Waals surface area (Å²) in [6.45, 7) is 4.72. The van der Waals surface area contributed by atoms with Gasteiger partial charge in [0.15, 0.2) is 0 Å². The van der Waals surface area contributed by atoms with Crippen molar-refractivity contribution >= 4 is 5.91 Å². The van der Waals surface area contributed by atoms with Gasteiger partial charge in [0.2, 0.25) is 0 Å². The number of benzene rings is 2. The lowest BCUT2D eigenvalue weighted by molar-refractivity contribution is 0.0706. The highest BCUT2D eigenvalue weighted by Crippen LogP contribution is 2.19. The van der Waals surface area contributed by atoms with Crippen molar-refractivity contribution in [1.29, 1.82) is 0 Å². The van der Waals surface area contributed by atoms with Crippen molar-refractivity contribution < 1.29 is 9.90 Å². The SMILES string of the molecule is CCc1c(C(=O)N(CCO)Cc2ccccc2)cnn1-c1ccc(C)cc1. The van der Waals surface area contributed by atoms with E-state index in [9.17, 15) is 9.90 Å². The van der Waals surface area contributed by atoms with E-state index in [4.69, 9.17) is 0 Å². The highest BCUT2D eigenvalue weighted by Gasteiger charge is 2.22. The van der Waals surface area contributed by atoms with Gasteiger partial charge in [-0.05, 0) is 31.0 Å². The van der Waals surface area contributed by atoms with Crippen molar-refractivity contribution in [3.8, 4) is 5.69 Å². The molecule has 1 aromatic heterocycles. The molecular formula is C22H25N3O2. The molecule has 3 aromatic rings. The number of aryl methyl sites for hydroxylation is 1. The van der Waals surface area contributed by atoms with E-state index in [0.29, 0.717) is 18.5 Å². The molecule has 0 atom stereocenters. The third kappa shape index (κ3) is 4.26. The largest absolute Gasteiger partial charge is 0.395 e. The van der Waals surface area contributed by atoms with Gasteiger partial charge in [0.1, 0.15) is 0 Å². The summed E-state index contributed by atoms with van der Waals surface area (Å²) in [7, 11) is 0. The standard InChI is InChI=1S/C22H25N3O2/c1-3-21-20(15-23-25(21)19-11-9-17(2)10-12-19)22(27)24(13-14-26)16-18-7-5-4-6-8-18/h4-12,15,26H,3,13-14,16H2,1-2H3. The predicted octanol–water partition coefficient (Wildman–Crippen LogP) is 3.38. The van der Waals surface area contributed by atoms with Crippen LogP contribution in [0.25, 0.3) is 5.69 Å². The van der Waals surface area contributed by atoms with Crippen LogP contribution in [0.2, 0.25) is 0 Å². The van der Waals surface area contributed by atoms with Crippen LogP contribution in [0.1, 0.15) is 34.1 Å². The summed E-state index contributed by atoms with van der Waals surface area (Å²) < 4.78 is 1.83. The predicted molar refractivity (Wildman–Crippen MR) is 106 cm³/mol. The molecule has 0 aliphatic rings. The van der Waals surface area contributed by atoms with Crippen LogP contribution in [0.4, 0.5) is 0 Å². The van der Waals surface area contributed by atoms with Crippen LogP contribution in [0, 0.1) is 6.92 Å². The Balaban J connectivity index is 1.91. The average molecular weight is 363 g/mol. The first-order valence-corrected chi connectivity index (χ1v) is 9.22. The highest BCUT2D eigenvalue weighted by molar-refractivity contribution is 5.95. The Labute approximate surface area is 159 Å². The second kappa shape index (κ2) is 8.64. The molecule has 2 aromatic carbocycles. The van der Waals surface area contributed by atoms with Crippen molar-refractivity contribution in [1.82, 2.24) is 14.7 Å². The Hall–Kier alpha value is -2.92. The van der Waals surface area contributed by atoms with E-state index < -0.39 is 0 Å². The summed E-state index contributed by atoms with van der Waals surface area (Å²) >= 11 is 0. The van der Waals surface area contributed by atoms with Crippen molar-refractivity contribution in [3.63, 3.8) is 0 Å². The van der Waals surface area contributed by atoms with Gasteiger partial charge in [0, 0.05) is 13.1 Å². The van der Waals surface area contributed by atoms with Gasteiger partial charge < -0.3 is 10.0 Å². The Bertz CT molecular complexity index is 886. The van der Waals surface area contributed by atoms with Gasteiger partial charge in [-0.15, -0.1) is 0 Å². The number of rotatable bonds is 7. The van der Waals surface area contributed by atoms with E-state index in [1.54, 1.807) is 11.1 Å². The number of carbonyl (C=O) groups is 1. The molecule has 1 N–H and O–H groups in total. The molecule has 27 heavy (non-hydrogen) atoms. The maximum absolute atomic E-state index is 13.2. The second-order valence-corrected chi connectivity index (χ2v) is 6.54. The molecular weight excluding hydrogens is 338 g/mol. The normalized spacial score (nSPS) is 10.8. The fourth-order valence-corrected chi connectivity index (χ4v) is 3.15.